The zero-order chi connectivity index (χ0) is 22.8. The molecule has 0 aliphatic carbocycles. The van der Waals surface area contributed by atoms with E-state index in [0.717, 1.165) is 70.0 Å². The molecular formula is C27H35N5O. The summed E-state index contributed by atoms with van der Waals surface area (Å²) in [6.07, 6.45) is 2.07. The van der Waals surface area contributed by atoms with Crippen LogP contribution in [0.5, 0.6) is 0 Å². The summed E-state index contributed by atoms with van der Waals surface area (Å²) in [6.45, 7) is 10.5. The lowest BCUT2D eigenvalue weighted by molar-refractivity contribution is -0.137. The molecule has 1 atom stereocenters. The Kier molecular flexibility index (Phi) is 6.36. The van der Waals surface area contributed by atoms with E-state index >= 15 is 0 Å². The van der Waals surface area contributed by atoms with E-state index in [1.54, 1.807) is 0 Å². The van der Waals surface area contributed by atoms with Gasteiger partial charge >= 0.3 is 0 Å². The van der Waals surface area contributed by atoms with Gasteiger partial charge in [-0.25, -0.2) is 4.98 Å². The van der Waals surface area contributed by atoms with Crippen molar-refractivity contribution < 1.29 is 4.79 Å². The summed E-state index contributed by atoms with van der Waals surface area (Å²) in [4.78, 5) is 25.2. The summed E-state index contributed by atoms with van der Waals surface area (Å²) in [5, 5.41) is 0. The van der Waals surface area contributed by atoms with Crippen LogP contribution in [0.2, 0.25) is 0 Å². The van der Waals surface area contributed by atoms with E-state index in [9.17, 15) is 4.79 Å². The number of nitrogens with zero attached hydrogens (tertiary/aromatic N) is 5. The minimum atomic E-state index is 0.0962. The summed E-state index contributed by atoms with van der Waals surface area (Å²) >= 11 is 0. The molecule has 2 fully saturated rings. The highest BCUT2D eigenvalue weighted by molar-refractivity contribution is 5.79. The van der Waals surface area contributed by atoms with Crippen LogP contribution in [0.1, 0.15) is 38.6 Å². The second-order valence-electron chi connectivity index (χ2n) is 9.70. The number of aromatic nitrogens is 2. The average molecular weight is 446 g/mol. The first kappa shape index (κ1) is 22.0. The Bertz CT molecular complexity index is 1080. The molecule has 1 amide bonds. The van der Waals surface area contributed by atoms with E-state index in [1.165, 1.54) is 11.2 Å². The molecule has 6 nitrogen and oxygen atoms in total. The van der Waals surface area contributed by atoms with Crippen molar-refractivity contribution >= 4 is 22.6 Å². The molecule has 0 radical (unpaired) electrons. The summed E-state index contributed by atoms with van der Waals surface area (Å²) in [5.74, 6) is 1.54. The lowest BCUT2D eigenvalue weighted by Gasteiger charge is -2.39. The molecule has 2 aliphatic heterocycles. The Hall–Kier alpha value is -2.86. The normalized spacial score (nSPS) is 20.0. The van der Waals surface area contributed by atoms with Gasteiger partial charge in [0.15, 0.2) is 0 Å². The van der Waals surface area contributed by atoms with E-state index in [2.05, 4.69) is 81.6 Å². The van der Waals surface area contributed by atoms with Gasteiger partial charge in [-0.15, -0.1) is 0 Å². The largest absolute Gasteiger partial charge is 0.368 e. The molecule has 33 heavy (non-hydrogen) atoms. The molecule has 0 saturated carbocycles. The number of amides is 1. The number of likely N-dealkylation sites (tertiary alicyclic amines) is 1. The number of carbonyl (C=O) groups is 1. The number of fused-ring (bicyclic) bond motifs is 1. The molecule has 0 spiro atoms. The highest BCUT2D eigenvalue weighted by Gasteiger charge is 2.31. The number of rotatable bonds is 5. The molecule has 2 aliphatic rings. The number of benzene rings is 2. The maximum atomic E-state index is 13.4. The van der Waals surface area contributed by atoms with Gasteiger partial charge in [-0.3, -0.25) is 9.69 Å². The quantitative estimate of drug-likeness (QED) is 0.591. The van der Waals surface area contributed by atoms with Crippen molar-refractivity contribution in [2.75, 3.05) is 44.2 Å². The Morgan fingerprint density at radius 3 is 2.45 bits per heavy atom. The molecule has 3 aromatic rings. The Morgan fingerprint density at radius 1 is 0.970 bits per heavy atom. The third-order valence-electron chi connectivity index (χ3n) is 7.12. The number of para-hydroxylation sites is 3. The summed E-state index contributed by atoms with van der Waals surface area (Å²) in [5.41, 5.74) is 3.51. The van der Waals surface area contributed by atoms with E-state index in [1.807, 2.05) is 6.07 Å². The number of carbonyl (C=O) groups excluding carboxylic acids is 1. The Balaban J connectivity index is 1.22. The van der Waals surface area contributed by atoms with Gasteiger partial charge < -0.3 is 14.4 Å². The van der Waals surface area contributed by atoms with E-state index in [-0.39, 0.29) is 5.92 Å². The molecular weight excluding hydrogens is 410 g/mol. The van der Waals surface area contributed by atoms with Crippen molar-refractivity contribution in [2.45, 2.75) is 39.3 Å². The molecule has 1 aromatic heterocycles. The second-order valence-corrected chi connectivity index (χ2v) is 9.70. The first-order valence-electron chi connectivity index (χ1n) is 12.4. The van der Waals surface area contributed by atoms with Crippen molar-refractivity contribution in [3.05, 3.63) is 60.4 Å². The second kappa shape index (κ2) is 9.56. The van der Waals surface area contributed by atoms with Gasteiger partial charge in [-0.1, -0.05) is 30.3 Å². The molecule has 2 saturated heterocycles. The molecule has 174 valence electrons. The predicted octanol–water partition coefficient (Wildman–Crippen LogP) is 4.18. The summed E-state index contributed by atoms with van der Waals surface area (Å²) in [7, 11) is 0. The topological polar surface area (TPSA) is 44.6 Å². The zero-order valence-electron chi connectivity index (χ0n) is 19.9. The van der Waals surface area contributed by atoms with Crippen LogP contribution in [-0.4, -0.2) is 64.5 Å². The van der Waals surface area contributed by atoms with Crippen LogP contribution in [0.25, 0.3) is 11.0 Å². The Labute approximate surface area is 196 Å². The number of imidazole rings is 1. The van der Waals surface area contributed by atoms with Crippen molar-refractivity contribution in [3.8, 4) is 0 Å². The van der Waals surface area contributed by atoms with Gasteiger partial charge in [0.25, 0.3) is 0 Å². The third kappa shape index (κ3) is 4.62. The molecule has 5 rings (SSSR count). The SMILES string of the molecule is CC(C)n1c(CN2CCC[C@H](C(=O)N3CCN(c4ccccc4)CC3)C2)nc2ccccc21. The lowest BCUT2D eigenvalue weighted by atomic mass is 9.96. The number of piperazine rings is 1. The third-order valence-corrected chi connectivity index (χ3v) is 7.12. The fourth-order valence-corrected chi connectivity index (χ4v) is 5.46. The first-order chi connectivity index (χ1) is 16.1. The molecule has 0 unspecified atom stereocenters. The molecule has 0 N–H and O–H groups in total. The van der Waals surface area contributed by atoms with Gasteiger partial charge in [-0.2, -0.15) is 0 Å². The fraction of sp³-hybridized carbons (Fsp3) is 0.481. The maximum absolute atomic E-state index is 13.4. The van der Waals surface area contributed by atoms with Crippen LogP contribution >= 0.6 is 0 Å². The number of hydrogen-bond donors (Lipinski definition) is 0. The molecule has 2 aromatic carbocycles. The minimum absolute atomic E-state index is 0.0962. The van der Waals surface area contributed by atoms with Gasteiger partial charge in [0, 0.05) is 44.5 Å². The van der Waals surface area contributed by atoms with Crippen molar-refractivity contribution in [1.29, 1.82) is 0 Å². The number of piperidine rings is 1. The van der Waals surface area contributed by atoms with Crippen LogP contribution in [0.4, 0.5) is 5.69 Å². The molecule has 6 heteroatoms. The van der Waals surface area contributed by atoms with Gasteiger partial charge in [0.1, 0.15) is 5.82 Å². The maximum Gasteiger partial charge on any atom is 0.227 e. The van der Waals surface area contributed by atoms with Crippen LogP contribution in [-0.2, 0) is 11.3 Å². The van der Waals surface area contributed by atoms with Crippen LogP contribution in [0.15, 0.2) is 54.6 Å². The lowest BCUT2D eigenvalue weighted by Crippen LogP contribution is -2.52. The van der Waals surface area contributed by atoms with E-state index < -0.39 is 0 Å². The van der Waals surface area contributed by atoms with Crippen LogP contribution < -0.4 is 4.90 Å². The smallest absolute Gasteiger partial charge is 0.227 e. The average Bonchev–Trinajstić information content (AvgIpc) is 3.22. The van der Waals surface area contributed by atoms with Gasteiger partial charge in [0.05, 0.1) is 23.5 Å². The highest BCUT2D eigenvalue weighted by atomic mass is 16.2. The molecule has 3 heterocycles. The van der Waals surface area contributed by atoms with Crippen LogP contribution in [0.3, 0.4) is 0 Å². The standard InChI is InChI=1S/C27H35N5O/c1-21(2)32-25-13-7-6-12-24(25)28-26(32)20-29-14-8-9-22(19-29)27(33)31-17-15-30(16-18-31)23-10-4-3-5-11-23/h3-7,10-13,21-22H,8-9,14-20H2,1-2H3/t22-/m0/s1. The monoisotopic (exact) mass is 445 g/mol. The van der Waals surface area contributed by atoms with E-state index in [4.69, 9.17) is 4.98 Å². The van der Waals surface area contributed by atoms with Crippen molar-refractivity contribution in [3.63, 3.8) is 0 Å². The van der Waals surface area contributed by atoms with Crippen molar-refractivity contribution in [2.24, 2.45) is 5.92 Å². The first-order valence-corrected chi connectivity index (χ1v) is 12.4. The minimum Gasteiger partial charge on any atom is -0.368 e. The van der Waals surface area contributed by atoms with E-state index in [0.29, 0.717) is 11.9 Å². The summed E-state index contributed by atoms with van der Waals surface area (Å²) in [6, 6.07) is 19.3. The van der Waals surface area contributed by atoms with Crippen LogP contribution in [0, 0.1) is 5.92 Å². The molecule has 0 bridgehead atoms. The Morgan fingerprint density at radius 2 is 1.70 bits per heavy atom. The van der Waals surface area contributed by atoms with Crippen molar-refractivity contribution in [1.82, 2.24) is 19.4 Å². The number of hydrogen-bond acceptors (Lipinski definition) is 4. The van der Waals surface area contributed by atoms with Gasteiger partial charge in [-0.05, 0) is 57.5 Å². The van der Waals surface area contributed by atoms with Gasteiger partial charge in [0.2, 0.25) is 5.91 Å². The predicted molar refractivity (Wildman–Crippen MR) is 133 cm³/mol. The zero-order valence-corrected chi connectivity index (χ0v) is 19.9. The summed E-state index contributed by atoms with van der Waals surface area (Å²) < 4.78 is 2.35. The number of anilines is 1. The fourth-order valence-electron chi connectivity index (χ4n) is 5.46. The highest BCUT2D eigenvalue weighted by Crippen LogP contribution is 2.25.